The number of Topliss-reactive ketones (excluding diaryl/α,β-unsaturated/α-hetero) is 1. The van der Waals surface area contributed by atoms with Gasteiger partial charge >= 0.3 is 5.97 Å². The minimum absolute atomic E-state index is 0.0482. The molecule has 0 saturated heterocycles. The van der Waals surface area contributed by atoms with Gasteiger partial charge < -0.3 is 24.4 Å². The van der Waals surface area contributed by atoms with Crippen molar-refractivity contribution in [2.45, 2.75) is 32.8 Å². The van der Waals surface area contributed by atoms with Crippen molar-refractivity contribution in [1.29, 1.82) is 0 Å². The van der Waals surface area contributed by atoms with E-state index >= 15 is 0 Å². The van der Waals surface area contributed by atoms with E-state index in [1.54, 1.807) is 6.92 Å². The summed E-state index contributed by atoms with van der Waals surface area (Å²) in [6, 6.07) is 6.73. The number of phenols is 1. The van der Waals surface area contributed by atoms with Crippen molar-refractivity contribution in [2.24, 2.45) is 0 Å². The van der Waals surface area contributed by atoms with E-state index in [0.717, 1.165) is 0 Å². The van der Waals surface area contributed by atoms with E-state index in [9.17, 15) is 24.8 Å². The number of methoxy groups -OCH3 is 1. The van der Waals surface area contributed by atoms with Crippen molar-refractivity contribution in [3.05, 3.63) is 51.6 Å². The topological polar surface area (TPSA) is 145 Å². The van der Waals surface area contributed by atoms with Crippen LogP contribution in [0, 0.1) is 10.1 Å². The number of hydrogen-bond donors (Lipinski definition) is 2. The average molecular weight is 433 g/mol. The molecule has 0 saturated carbocycles. The maximum Gasteiger partial charge on any atom is 0.303 e. The van der Waals surface area contributed by atoms with Gasteiger partial charge in [-0.2, -0.15) is 0 Å². The van der Waals surface area contributed by atoms with E-state index in [1.807, 2.05) is 0 Å². The first kappa shape index (κ1) is 23.5. The highest BCUT2D eigenvalue weighted by Crippen LogP contribution is 2.39. The molecule has 31 heavy (non-hydrogen) atoms. The number of ketones is 1. The van der Waals surface area contributed by atoms with Crippen molar-refractivity contribution < 1.29 is 38.9 Å². The third kappa shape index (κ3) is 6.08. The van der Waals surface area contributed by atoms with Crippen LogP contribution in [-0.2, 0) is 4.79 Å². The number of ether oxygens (including phenoxy) is 3. The van der Waals surface area contributed by atoms with Crippen LogP contribution in [-0.4, -0.2) is 40.6 Å². The second kappa shape index (κ2) is 10.3. The van der Waals surface area contributed by atoms with Crippen LogP contribution in [0.2, 0.25) is 0 Å². The van der Waals surface area contributed by atoms with E-state index in [1.165, 1.54) is 44.4 Å². The molecule has 0 aromatic heterocycles. The van der Waals surface area contributed by atoms with Crippen molar-refractivity contribution in [2.75, 3.05) is 13.7 Å². The summed E-state index contributed by atoms with van der Waals surface area (Å²) in [5.74, 6) is -0.930. The zero-order chi connectivity index (χ0) is 23.1. The molecule has 0 radical (unpaired) electrons. The Labute approximate surface area is 178 Å². The maximum absolute atomic E-state index is 11.6. The van der Waals surface area contributed by atoms with Gasteiger partial charge in [0.05, 0.1) is 35.8 Å². The summed E-state index contributed by atoms with van der Waals surface area (Å²) < 4.78 is 16.5. The van der Waals surface area contributed by atoms with Crippen LogP contribution in [0.3, 0.4) is 0 Å². The molecule has 0 fully saturated rings. The normalized spacial score (nSPS) is 11.5. The summed E-state index contributed by atoms with van der Waals surface area (Å²) in [4.78, 5) is 33.3. The standard InChI is InChI=1S/C21H23NO9/c1-12(23)15-9-14(6-7-18(15)24)31-13(2)16-10-19(29-3)20(11-17(16)22(27)28)30-8-4-5-21(25)26/h6-7,9-11,13,24H,4-5,8H2,1-3H3,(H,25,26). The molecule has 1 atom stereocenters. The van der Waals surface area contributed by atoms with Crippen molar-refractivity contribution >= 4 is 17.4 Å². The minimum atomic E-state index is -0.968. The Balaban J connectivity index is 2.32. The van der Waals surface area contributed by atoms with E-state index in [0.29, 0.717) is 0 Å². The largest absolute Gasteiger partial charge is 0.507 e. The molecule has 1 unspecified atom stereocenters. The minimum Gasteiger partial charge on any atom is -0.507 e. The van der Waals surface area contributed by atoms with Gasteiger partial charge in [0.15, 0.2) is 17.3 Å². The fraction of sp³-hybridized carbons (Fsp3) is 0.333. The summed E-state index contributed by atoms with van der Waals surface area (Å²) in [6.07, 6.45) is -0.672. The molecule has 2 aromatic carbocycles. The lowest BCUT2D eigenvalue weighted by Gasteiger charge is -2.18. The number of carboxylic acid groups (broad SMARTS) is 1. The number of nitro groups is 1. The van der Waals surface area contributed by atoms with Gasteiger partial charge in [-0.25, -0.2) is 0 Å². The van der Waals surface area contributed by atoms with Gasteiger partial charge in [0.2, 0.25) is 0 Å². The summed E-state index contributed by atoms with van der Waals surface area (Å²) in [5, 5.41) is 30.1. The highest BCUT2D eigenvalue weighted by molar-refractivity contribution is 5.97. The molecule has 10 nitrogen and oxygen atoms in total. The van der Waals surface area contributed by atoms with Gasteiger partial charge in [0.1, 0.15) is 17.6 Å². The third-order valence-corrected chi connectivity index (χ3v) is 4.40. The average Bonchev–Trinajstić information content (AvgIpc) is 2.71. The Hall–Kier alpha value is -3.82. The number of nitrogens with zero attached hydrogens (tertiary/aromatic N) is 1. The number of aromatic hydroxyl groups is 1. The van der Waals surface area contributed by atoms with Crippen LogP contribution in [0.1, 0.15) is 48.7 Å². The molecular weight excluding hydrogens is 410 g/mol. The molecule has 166 valence electrons. The van der Waals surface area contributed by atoms with E-state index in [-0.39, 0.29) is 65.0 Å². The van der Waals surface area contributed by atoms with Gasteiger partial charge in [-0.05, 0) is 44.5 Å². The second-order valence-electron chi connectivity index (χ2n) is 6.66. The zero-order valence-electron chi connectivity index (χ0n) is 17.3. The van der Waals surface area contributed by atoms with Crippen LogP contribution in [0.15, 0.2) is 30.3 Å². The Bertz CT molecular complexity index is 987. The van der Waals surface area contributed by atoms with Crippen LogP contribution in [0.25, 0.3) is 0 Å². The van der Waals surface area contributed by atoms with Crippen LogP contribution >= 0.6 is 0 Å². The molecule has 0 amide bonds. The number of rotatable bonds is 11. The Morgan fingerprint density at radius 3 is 2.48 bits per heavy atom. The van der Waals surface area contributed by atoms with E-state index < -0.39 is 17.0 Å². The molecule has 2 N–H and O–H groups in total. The highest BCUT2D eigenvalue weighted by atomic mass is 16.6. The third-order valence-electron chi connectivity index (χ3n) is 4.40. The number of carbonyl (C=O) groups is 2. The van der Waals surface area contributed by atoms with Crippen LogP contribution in [0.4, 0.5) is 5.69 Å². The lowest BCUT2D eigenvalue weighted by Crippen LogP contribution is -2.09. The molecule has 0 aliphatic heterocycles. The number of carbonyl (C=O) groups excluding carboxylic acids is 1. The summed E-state index contributed by atoms with van der Waals surface area (Å²) in [5.41, 5.74) is 0.00572. The molecule has 0 bridgehead atoms. The molecule has 2 rings (SSSR count). The van der Waals surface area contributed by atoms with E-state index in [4.69, 9.17) is 19.3 Å². The molecular formula is C21H23NO9. The van der Waals surface area contributed by atoms with Crippen molar-refractivity contribution in [3.63, 3.8) is 0 Å². The van der Waals surface area contributed by atoms with Crippen molar-refractivity contribution in [1.82, 2.24) is 0 Å². The molecule has 0 spiro atoms. The first-order valence-corrected chi connectivity index (χ1v) is 9.35. The number of hydrogen-bond acceptors (Lipinski definition) is 8. The Morgan fingerprint density at radius 2 is 1.90 bits per heavy atom. The Kier molecular flexibility index (Phi) is 7.78. The zero-order valence-corrected chi connectivity index (χ0v) is 17.3. The predicted molar refractivity (Wildman–Crippen MR) is 109 cm³/mol. The van der Waals surface area contributed by atoms with Crippen LogP contribution in [0.5, 0.6) is 23.0 Å². The molecule has 0 aliphatic rings. The summed E-state index contributed by atoms with van der Waals surface area (Å²) in [6.45, 7) is 2.94. The van der Waals surface area contributed by atoms with Gasteiger partial charge in [-0.1, -0.05) is 0 Å². The lowest BCUT2D eigenvalue weighted by molar-refractivity contribution is -0.386. The summed E-state index contributed by atoms with van der Waals surface area (Å²) in [7, 11) is 1.37. The van der Waals surface area contributed by atoms with Crippen LogP contribution < -0.4 is 14.2 Å². The maximum atomic E-state index is 11.6. The van der Waals surface area contributed by atoms with Gasteiger partial charge in [0, 0.05) is 6.42 Å². The lowest BCUT2D eigenvalue weighted by atomic mass is 10.1. The smallest absolute Gasteiger partial charge is 0.303 e. The fourth-order valence-corrected chi connectivity index (χ4v) is 2.86. The second-order valence-corrected chi connectivity index (χ2v) is 6.66. The molecule has 0 heterocycles. The fourth-order valence-electron chi connectivity index (χ4n) is 2.86. The quantitative estimate of drug-likeness (QED) is 0.233. The number of phenolic OH excluding ortho intramolecular Hbond substituents is 1. The van der Waals surface area contributed by atoms with E-state index in [2.05, 4.69) is 0 Å². The van der Waals surface area contributed by atoms with Gasteiger partial charge in [0.25, 0.3) is 5.69 Å². The van der Waals surface area contributed by atoms with Gasteiger partial charge in [-0.3, -0.25) is 19.7 Å². The number of benzene rings is 2. The first-order chi connectivity index (χ1) is 14.6. The number of nitro benzene ring substituents is 1. The first-order valence-electron chi connectivity index (χ1n) is 9.35. The SMILES string of the molecule is COc1cc(C(C)Oc2ccc(O)c(C(C)=O)c2)c([N+](=O)[O-])cc1OCCCC(=O)O. The van der Waals surface area contributed by atoms with Gasteiger partial charge in [-0.15, -0.1) is 0 Å². The summed E-state index contributed by atoms with van der Waals surface area (Å²) >= 11 is 0. The molecule has 2 aromatic rings. The highest BCUT2D eigenvalue weighted by Gasteiger charge is 2.25. The molecule has 10 heteroatoms. The number of carboxylic acids is 1. The number of aliphatic carboxylic acids is 1. The molecule has 0 aliphatic carbocycles. The Morgan fingerprint density at radius 1 is 1.19 bits per heavy atom. The van der Waals surface area contributed by atoms with Crippen molar-refractivity contribution in [3.8, 4) is 23.0 Å². The predicted octanol–water partition coefficient (Wildman–Crippen LogP) is 3.90. The monoisotopic (exact) mass is 433 g/mol.